The molecule has 0 saturated carbocycles. The van der Waals surface area contributed by atoms with Crippen molar-refractivity contribution in [2.75, 3.05) is 13.1 Å². The maximum absolute atomic E-state index is 14.1. The van der Waals surface area contributed by atoms with Gasteiger partial charge in [-0.25, -0.2) is 13.6 Å². The SMILES string of the molecule is CC(/C=C\N)=NC1CCN(C(=O)OC(C)(C)C)CC1(F)F. The molecule has 0 radical (unpaired) electrons. The number of piperidine rings is 1. The van der Waals surface area contributed by atoms with Crippen LogP contribution in [-0.4, -0.2) is 47.4 Å². The number of carbonyl (C=O) groups is 1. The number of allylic oxidation sites excluding steroid dienone is 1. The largest absolute Gasteiger partial charge is 0.444 e. The normalized spacial score (nSPS) is 23.4. The molecule has 1 heterocycles. The number of amides is 1. The van der Waals surface area contributed by atoms with E-state index in [-0.39, 0.29) is 13.0 Å². The topological polar surface area (TPSA) is 67.9 Å². The number of rotatable bonds is 2. The Labute approximate surface area is 123 Å². The molecule has 0 spiro atoms. The van der Waals surface area contributed by atoms with Gasteiger partial charge in [-0.3, -0.25) is 4.99 Å². The Bertz CT molecular complexity index is 442. The highest BCUT2D eigenvalue weighted by Gasteiger charge is 2.46. The van der Waals surface area contributed by atoms with Crippen molar-refractivity contribution in [2.45, 2.75) is 51.7 Å². The van der Waals surface area contributed by atoms with Gasteiger partial charge in [-0.2, -0.15) is 0 Å². The van der Waals surface area contributed by atoms with Gasteiger partial charge in [-0.1, -0.05) is 0 Å². The van der Waals surface area contributed by atoms with E-state index in [0.29, 0.717) is 5.71 Å². The molecular weight excluding hydrogens is 280 g/mol. The molecule has 1 rings (SSSR count). The zero-order chi connectivity index (χ0) is 16.3. The Morgan fingerprint density at radius 3 is 2.57 bits per heavy atom. The highest BCUT2D eigenvalue weighted by molar-refractivity contribution is 5.92. The van der Waals surface area contributed by atoms with Crippen LogP contribution in [0.3, 0.4) is 0 Å². The minimum atomic E-state index is -3.08. The predicted octanol–water partition coefficient (Wildman–Crippen LogP) is 2.56. The first kappa shape index (κ1) is 17.4. The average Bonchev–Trinajstić information content (AvgIpc) is 2.29. The Morgan fingerprint density at radius 1 is 1.48 bits per heavy atom. The van der Waals surface area contributed by atoms with Crippen LogP contribution in [-0.2, 0) is 4.74 Å². The van der Waals surface area contributed by atoms with Crippen molar-refractivity contribution >= 4 is 11.8 Å². The number of halogens is 2. The van der Waals surface area contributed by atoms with Crippen LogP contribution in [0.5, 0.6) is 0 Å². The lowest BCUT2D eigenvalue weighted by atomic mass is 10.0. The van der Waals surface area contributed by atoms with Crippen LogP contribution < -0.4 is 5.73 Å². The summed E-state index contributed by atoms with van der Waals surface area (Å²) in [7, 11) is 0. The smallest absolute Gasteiger partial charge is 0.410 e. The number of hydrogen-bond donors (Lipinski definition) is 1. The van der Waals surface area contributed by atoms with E-state index < -0.39 is 30.2 Å². The molecule has 1 unspecified atom stereocenters. The third kappa shape index (κ3) is 5.32. The van der Waals surface area contributed by atoms with Crippen LogP contribution in [0.2, 0.25) is 0 Å². The monoisotopic (exact) mass is 303 g/mol. The molecule has 2 N–H and O–H groups in total. The number of ether oxygens (including phenoxy) is 1. The zero-order valence-electron chi connectivity index (χ0n) is 12.9. The standard InChI is InChI=1S/C14H23F2N3O2/c1-10(5-7-17)18-11-6-8-19(9-14(11,15)16)12(20)21-13(2,3)4/h5,7,11H,6,8-9,17H2,1-4H3/b7-5-,18-10?. The Hall–Kier alpha value is -1.66. The molecule has 120 valence electrons. The molecular formula is C14H23F2N3O2. The number of hydrogen-bond acceptors (Lipinski definition) is 4. The minimum Gasteiger partial charge on any atom is -0.444 e. The van der Waals surface area contributed by atoms with E-state index in [1.165, 1.54) is 12.3 Å². The molecule has 1 saturated heterocycles. The van der Waals surface area contributed by atoms with Crippen LogP contribution in [0.1, 0.15) is 34.1 Å². The Morgan fingerprint density at radius 2 is 2.10 bits per heavy atom. The van der Waals surface area contributed by atoms with Crippen molar-refractivity contribution < 1.29 is 18.3 Å². The summed E-state index contributed by atoms with van der Waals surface area (Å²) in [6.45, 7) is 6.21. The van der Waals surface area contributed by atoms with E-state index >= 15 is 0 Å². The average molecular weight is 303 g/mol. The quantitative estimate of drug-likeness (QED) is 0.797. The molecule has 1 fully saturated rings. The summed E-state index contributed by atoms with van der Waals surface area (Å²) in [6.07, 6.45) is 2.09. The second kappa shape index (κ2) is 6.41. The van der Waals surface area contributed by atoms with E-state index in [1.54, 1.807) is 27.7 Å². The van der Waals surface area contributed by atoms with Crippen molar-refractivity contribution in [3.05, 3.63) is 12.3 Å². The molecule has 5 nitrogen and oxygen atoms in total. The van der Waals surface area contributed by atoms with Crippen molar-refractivity contribution in [2.24, 2.45) is 10.7 Å². The van der Waals surface area contributed by atoms with E-state index in [2.05, 4.69) is 4.99 Å². The predicted molar refractivity (Wildman–Crippen MR) is 77.6 cm³/mol. The molecule has 0 aromatic rings. The van der Waals surface area contributed by atoms with Crippen LogP contribution in [0.25, 0.3) is 0 Å². The zero-order valence-corrected chi connectivity index (χ0v) is 12.9. The van der Waals surface area contributed by atoms with Crippen LogP contribution in [0, 0.1) is 0 Å². The number of alkyl halides is 2. The fourth-order valence-corrected chi connectivity index (χ4v) is 2.00. The summed E-state index contributed by atoms with van der Waals surface area (Å²) >= 11 is 0. The second-order valence-corrected chi connectivity index (χ2v) is 6.10. The third-order valence-corrected chi connectivity index (χ3v) is 2.91. The molecule has 7 heteroatoms. The number of nitrogens with two attached hydrogens (primary N) is 1. The van der Waals surface area contributed by atoms with Crippen LogP contribution >= 0.6 is 0 Å². The Kier molecular flexibility index (Phi) is 5.31. The van der Waals surface area contributed by atoms with Gasteiger partial charge >= 0.3 is 6.09 Å². The molecule has 1 aliphatic heterocycles. The number of aliphatic imine (C=N–C) groups is 1. The van der Waals surface area contributed by atoms with Gasteiger partial charge in [0.2, 0.25) is 0 Å². The molecule has 0 aromatic carbocycles. The molecule has 0 aliphatic carbocycles. The fraction of sp³-hybridized carbons (Fsp3) is 0.714. The lowest BCUT2D eigenvalue weighted by Gasteiger charge is -2.37. The molecule has 1 amide bonds. The van der Waals surface area contributed by atoms with Gasteiger partial charge in [0, 0.05) is 12.3 Å². The number of nitrogens with zero attached hydrogens (tertiary/aromatic N) is 2. The van der Waals surface area contributed by atoms with E-state index in [9.17, 15) is 13.6 Å². The van der Waals surface area contributed by atoms with E-state index in [1.807, 2.05) is 0 Å². The van der Waals surface area contributed by atoms with E-state index in [4.69, 9.17) is 10.5 Å². The van der Waals surface area contributed by atoms with Gasteiger partial charge in [0.05, 0.1) is 6.54 Å². The summed E-state index contributed by atoms with van der Waals surface area (Å²) in [6, 6.07) is -1.15. The fourth-order valence-electron chi connectivity index (χ4n) is 2.00. The lowest BCUT2D eigenvalue weighted by molar-refractivity contribution is -0.0814. The summed E-state index contributed by atoms with van der Waals surface area (Å²) in [5, 5.41) is 0. The molecule has 1 aliphatic rings. The van der Waals surface area contributed by atoms with E-state index in [0.717, 1.165) is 4.90 Å². The first-order valence-corrected chi connectivity index (χ1v) is 6.83. The summed E-state index contributed by atoms with van der Waals surface area (Å²) < 4.78 is 33.3. The van der Waals surface area contributed by atoms with Gasteiger partial charge < -0.3 is 15.4 Å². The van der Waals surface area contributed by atoms with Crippen LogP contribution in [0.15, 0.2) is 17.3 Å². The molecule has 0 aromatic heterocycles. The second-order valence-electron chi connectivity index (χ2n) is 6.10. The number of carbonyl (C=O) groups excluding carboxylic acids is 1. The minimum absolute atomic E-state index is 0.0853. The van der Waals surface area contributed by atoms with Crippen molar-refractivity contribution in [1.29, 1.82) is 0 Å². The van der Waals surface area contributed by atoms with Gasteiger partial charge in [0.25, 0.3) is 5.92 Å². The highest BCUT2D eigenvalue weighted by atomic mass is 19.3. The van der Waals surface area contributed by atoms with Gasteiger partial charge in [-0.05, 0) is 46.4 Å². The van der Waals surface area contributed by atoms with Crippen LogP contribution in [0.4, 0.5) is 13.6 Å². The molecule has 21 heavy (non-hydrogen) atoms. The van der Waals surface area contributed by atoms with Crippen molar-refractivity contribution in [1.82, 2.24) is 4.90 Å². The Balaban J connectivity index is 2.75. The van der Waals surface area contributed by atoms with Crippen molar-refractivity contribution in [3.63, 3.8) is 0 Å². The third-order valence-electron chi connectivity index (χ3n) is 2.91. The number of likely N-dealkylation sites (tertiary alicyclic amines) is 1. The van der Waals surface area contributed by atoms with Gasteiger partial charge in [0.1, 0.15) is 11.6 Å². The van der Waals surface area contributed by atoms with Gasteiger partial charge in [0.15, 0.2) is 0 Å². The lowest BCUT2D eigenvalue weighted by Crippen LogP contribution is -2.53. The van der Waals surface area contributed by atoms with Crippen molar-refractivity contribution in [3.8, 4) is 0 Å². The summed E-state index contributed by atoms with van der Waals surface area (Å²) in [5.74, 6) is -3.08. The summed E-state index contributed by atoms with van der Waals surface area (Å²) in [5.41, 5.74) is 4.94. The maximum atomic E-state index is 14.1. The first-order valence-electron chi connectivity index (χ1n) is 6.83. The molecule has 0 bridgehead atoms. The maximum Gasteiger partial charge on any atom is 0.410 e. The summed E-state index contributed by atoms with van der Waals surface area (Å²) in [4.78, 5) is 16.8. The van der Waals surface area contributed by atoms with Gasteiger partial charge in [-0.15, -0.1) is 0 Å². The first-order chi connectivity index (χ1) is 9.55. The molecule has 1 atom stereocenters. The highest BCUT2D eigenvalue weighted by Crippen LogP contribution is 2.30.